The minimum Gasteiger partial charge on any atom is -0.497 e. The molecule has 0 atom stereocenters. The monoisotopic (exact) mass is 308 g/mol. The van der Waals surface area contributed by atoms with Crippen molar-refractivity contribution in [2.45, 2.75) is 12.7 Å². The molecule has 116 valence electrons. The Morgan fingerprint density at radius 3 is 2.50 bits per heavy atom. The second kappa shape index (κ2) is 5.44. The first-order valence-corrected chi connectivity index (χ1v) is 6.80. The Kier molecular flexibility index (Phi) is 3.60. The van der Waals surface area contributed by atoms with Crippen LogP contribution in [0.5, 0.6) is 5.75 Å². The summed E-state index contributed by atoms with van der Waals surface area (Å²) in [6.45, 7) is 1.11. The molecule has 0 saturated heterocycles. The molecule has 1 heterocycles. The molecular formula is C16H15F3N2O. The lowest BCUT2D eigenvalue weighted by atomic mass is 10.1. The highest BCUT2D eigenvalue weighted by Gasteiger charge is 2.32. The van der Waals surface area contributed by atoms with E-state index in [2.05, 4.69) is 5.32 Å². The summed E-state index contributed by atoms with van der Waals surface area (Å²) < 4.78 is 43.3. The van der Waals surface area contributed by atoms with Crippen LogP contribution in [0.15, 0.2) is 42.5 Å². The van der Waals surface area contributed by atoms with Gasteiger partial charge in [0.2, 0.25) is 0 Å². The predicted molar refractivity (Wildman–Crippen MR) is 79.1 cm³/mol. The predicted octanol–water partition coefficient (Wildman–Crippen LogP) is 4.10. The van der Waals surface area contributed by atoms with Crippen LogP contribution < -0.4 is 15.0 Å². The first-order valence-electron chi connectivity index (χ1n) is 6.80. The highest BCUT2D eigenvalue weighted by atomic mass is 19.4. The second-order valence-electron chi connectivity index (χ2n) is 5.11. The Morgan fingerprint density at radius 2 is 1.86 bits per heavy atom. The molecule has 22 heavy (non-hydrogen) atoms. The van der Waals surface area contributed by atoms with Crippen LogP contribution in [0.4, 0.5) is 24.5 Å². The lowest BCUT2D eigenvalue weighted by molar-refractivity contribution is -0.137. The van der Waals surface area contributed by atoms with Gasteiger partial charge in [0.15, 0.2) is 0 Å². The maximum atomic E-state index is 12.7. The molecule has 0 aromatic heterocycles. The number of nitrogens with one attached hydrogen (secondary N) is 1. The van der Waals surface area contributed by atoms with E-state index in [1.807, 2.05) is 29.2 Å². The third-order valence-electron chi connectivity index (χ3n) is 3.66. The van der Waals surface area contributed by atoms with E-state index in [1.165, 1.54) is 6.07 Å². The van der Waals surface area contributed by atoms with Crippen LogP contribution in [0.25, 0.3) is 0 Å². The number of benzene rings is 2. The summed E-state index contributed by atoms with van der Waals surface area (Å²) in [5.41, 5.74) is 1.73. The molecule has 6 heteroatoms. The third kappa shape index (κ3) is 2.81. The Balaban J connectivity index is 1.79. The average Bonchev–Trinajstić information content (AvgIpc) is 2.89. The molecule has 0 fully saturated rings. The van der Waals surface area contributed by atoms with Gasteiger partial charge in [-0.1, -0.05) is 12.1 Å². The number of rotatable bonds is 3. The number of fused-ring (bicyclic) bond motifs is 1. The van der Waals surface area contributed by atoms with E-state index in [-0.39, 0.29) is 0 Å². The zero-order valence-corrected chi connectivity index (χ0v) is 11.9. The van der Waals surface area contributed by atoms with Crippen molar-refractivity contribution in [1.82, 2.24) is 0 Å². The van der Waals surface area contributed by atoms with Crippen LogP contribution in [0.3, 0.4) is 0 Å². The molecule has 0 aliphatic carbocycles. The molecule has 1 aliphatic rings. The molecule has 1 N–H and O–H groups in total. The van der Waals surface area contributed by atoms with Crippen LogP contribution in [-0.4, -0.2) is 13.8 Å². The van der Waals surface area contributed by atoms with E-state index in [4.69, 9.17) is 4.74 Å². The van der Waals surface area contributed by atoms with E-state index in [9.17, 15) is 13.2 Å². The highest BCUT2D eigenvalue weighted by molar-refractivity contribution is 5.75. The smallest absolute Gasteiger partial charge is 0.416 e. The van der Waals surface area contributed by atoms with Gasteiger partial charge in [0.25, 0.3) is 0 Å². The largest absolute Gasteiger partial charge is 0.497 e. The Morgan fingerprint density at radius 1 is 1.14 bits per heavy atom. The topological polar surface area (TPSA) is 24.5 Å². The first kappa shape index (κ1) is 14.6. The normalized spacial score (nSPS) is 13.7. The molecule has 0 amide bonds. The summed E-state index contributed by atoms with van der Waals surface area (Å²) in [5, 5.41) is 3.01. The lowest BCUT2D eigenvalue weighted by Gasteiger charge is -2.18. The van der Waals surface area contributed by atoms with Gasteiger partial charge >= 0.3 is 6.18 Å². The van der Waals surface area contributed by atoms with Gasteiger partial charge in [-0.2, -0.15) is 13.2 Å². The molecule has 0 saturated carbocycles. The quantitative estimate of drug-likeness (QED) is 0.924. The molecule has 2 aromatic rings. The molecule has 0 radical (unpaired) electrons. The van der Waals surface area contributed by atoms with Gasteiger partial charge in [0, 0.05) is 6.54 Å². The van der Waals surface area contributed by atoms with Gasteiger partial charge < -0.3 is 15.0 Å². The standard InChI is InChI=1S/C16H15F3N2O/c1-22-13-5-2-11(3-6-13)9-21-10-20-14-8-12(16(17,18)19)4-7-15(14)21/h2-8,20H,9-10H2,1H3. The van der Waals surface area contributed by atoms with E-state index < -0.39 is 11.7 Å². The van der Waals surface area contributed by atoms with Crippen LogP contribution in [-0.2, 0) is 12.7 Å². The minimum absolute atomic E-state index is 0.489. The summed E-state index contributed by atoms with van der Waals surface area (Å²) in [6, 6.07) is 11.4. The number of methoxy groups -OCH3 is 1. The molecule has 3 rings (SSSR count). The molecular weight excluding hydrogens is 293 g/mol. The van der Waals surface area contributed by atoms with E-state index in [0.29, 0.717) is 18.9 Å². The van der Waals surface area contributed by atoms with Gasteiger partial charge in [-0.25, -0.2) is 0 Å². The van der Waals surface area contributed by atoms with Crippen molar-refractivity contribution in [2.75, 3.05) is 24.0 Å². The molecule has 0 spiro atoms. The molecule has 0 bridgehead atoms. The molecule has 3 nitrogen and oxygen atoms in total. The highest BCUT2D eigenvalue weighted by Crippen LogP contribution is 2.38. The molecule has 2 aromatic carbocycles. The number of anilines is 2. The zero-order chi connectivity index (χ0) is 15.7. The number of hydrogen-bond donors (Lipinski definition) is 1. The molecule has 1 aliphatic heterocycles. The van der Waals surface area contributed by atoms with Crippen LogP contribution in [0.2, 0.25) is 0 Å². The fraction of sp³-hybridized carbons (Fsp3) is 0.250. The van der Waals surface area contributed by atoms with Crippen molar-refractivity contribution in [2.24, 2.45) is 0 Å². The summed E-state index contributed by atoms with van der Waals surface area (Å²) in [6.07, 6.45) is -4.32. The molecule has 0 unspecified atom stereocenters. The zero-order valence-electron chi connectivity index (χ0n) is 11.9. The van der Waals surface area contributed by atoms with E-state index >= 15 is 0 Å². The van der Waals surface area contributed by atoms with Crippen LogP contribution in [0.1, 0.15) is 11.1 Å². The number of ether oxygens (including phenoxy) is 1. The SMILES string of the molecule is COc1ccc(CN2CNc3cc(C(F)(F)F)ccc32)cc1. The van der Waals surface area contributed by atoms with Gasteiger partial charge in [0.1, 0.15) is 5.75 Å². The number of nitrogens with zero attached hydrogens (tertiary/aromatic N) is 1. The third-order valence-corrected chi connectivity index (χ3v) is 3.66. The van der Waals surface area contributed by atoms with Gasteiger partial charge in [-0.3, -0.25) is 0 Å². The van der Waals surface area contributed by atoms with Crippen molar-refractivity contribution in [1.29, 1.82) is 0 Å². The van der Waals surface area contributed by atoms with Crippen molar-refractivity contribution in [3.05, 3.63) is 53.6 Å². The van der Waals surface area contributed by atoms with Gasteiger partial charge in [-0.15, -0.1) is 0 Å². The Bertz CT molecular complexity index is 668. The van der Waals surface area contributed by atoms with Crippen molar-refractivity contribution >= 4 is 11.4 Å². The van der Waals surface area contributed by atoms with E-state index in [1.54, 1.807) is 7.11 Å². The number of hydrogen-bond acceptors (Lipinski definition) is 3. The number of halogens is 3. The Labute approximate surface area is 126 Å². The Hall–Kier alpha value is -2.37. The first-order chi connectivity index (χ1) is 10.5. The maximum Gasteiger partial charge on any atom is 0.416 e. The summed E-state index contributed by atoms with van der Waals surface area (Å²) >= 11 is 0. The summed E-state index contributed by atoms with van der Waals surface area (Å²) in [7, 11) is 1.61. The second-order valence-corrected chi connectivity index (χ2v) is 5.11. The van der Waals surface area contributed by atoms with Crippen LogP contribution in [0, 0.1) is 0 Å². The van der Waals surface area contributed by atoms with Crippen molar-refractivity contribution < 1.29 is 17.9 Å². The summed E-state index contributed by atoms with van der Waals surface area (Å²) in [4.78, 5) is 2.00. The van der Waals surface area contributed by atoms with E-state index in [0.717, 1.165) is 29.1 Å². The van der Waals surface area contributed by atoms with Crippen molar-refractivity contribution in [3.63, 3.8) is 0 Å². The van der Waals surface area contributed by atoms with Gasteiger partial charge in [0.05, 0.1) is 30.7 Å². The van der Waals surface area contributed by atoms with Crippen molar-refractivity contribution in [3.8, 4) is 5.75 Å². The van der Waals surface area contributed by atoms with Gasteiger partial charge in [-0.05, 0) is 35.9 Å². The minimum atomic E-state index is -4.32. The fourth-order valence-electron chi connectivity index (χ4n) is 2.49. The maximum absolute atomic E-state index is 12.7. The fourth-order valence-corrected chi connectivity index (χ4v) is 2.49. The average molecular weight is 308 g/mol. The van der Waals surface area contributed by atoms with Crippen LogP contribution >= 0.6 is 0 Å². The number of alkyl halides is 3. The summed E-state index contributed by atoms with van der Waals surface area (Å²) in [5.74, 6) is 0.776. The lowest BCUT2D eigenvalue weighted by Crippen LogP contribution is -2.21.